The Hall–Kier alpha value is -2.64. The van der Waals surface area contributed by atoms with Crippen LogP contribution in [0.15, 0.2) is 67.0 Å². The lowest BCUT2D eigenvalue weighted by atomic mass is 9.92. The van der Waals surface area contributed by atoms with E-state index in [0.29, 0.717) is 25.2 Å². The molecule has 2 heterocycles. The maximum absolute atomic E-state index is 13.3. The number of hydrogen-bond acceptors (Lipinski definition) is 3. The topological polar surface area (TPSA) is 36.3 Å². The van der Waals surface area contributed by atoms with Crippen molar-refractivity contribution in [1.29, 1.82) is 0 Å². The summed E-state index contributed by atoms with van der Waals surface area (Å²) in [5.74, 6) is 0.831. The highest BCUT2D eigenvalue weighted by atomic mass is 19.4. The number of halogens is 3. The molecule has 0 amide bonds. The molecule has 1 aromatic heterocycles. The second kappa shape index (κ2) is 8.62. The van der Waals surface area contributed by atoms with Gasteiger partial charge < -0.3 is 14.0 Å². The lowest BCUT2D eigenvalue weighted by Crippen LogP contribution is -2.39. The Labute approximate surface area is 173 Å². The second-order valence-corrected chi connectivity index (χ2v) is 7.41. The average Bonchev–Trinajstić information content (AvgIpc) is 3.18. The van der Waals surface area contributed by atoms with Gasteiger partial charge >= 0.3 is 6.18 Å². The predicted molar refractivity (Wildman–Crippen MR) is 106 cm³/mol. The fourth-order valence-corrected chi connectivity index (χ4v) is 3.96. The van der Waals surface area contributed by atoms with Crippen LogP contribution in [0.4, 0.5) is 13.2 Å². The standard InChI is InChI=1S/C23H23F3N2O2/c1-16-27-11-12-28(16)20-10-13-29-21(18-8-5-9-19(14-18)23(24,25)26)22(20)30-15-17-6-3-2-4-7-17/h2-9,11-12,14,20-22H,10,13,15H2,1H3. The summed E-state index contributed by atoms with van der Waals surface area (Å²) in [6.07, 6.45) is -1.20. The SMILES string of the molecule is Cc1nccn1C1CCOC(c2cccc(C(F)(F)F)c2)C1OCc1ccccc1. The van der Waals surface area contributed by atoms with Crippen molar-refractivity contribution in [3.63, 3.8) is 0 Å². The predicted octanol–water partition coefficient (Wildman–Crippen LogP) is 5.50. The maximum atomic E-state index is 13.3. The van der Waals surface area contributed by atoms with Crippen molar-refractivity contribution in [2.45, 2.75) is 44.4 Å². The monoisotopic (exact) mass is 416 g/mol. The second-order valence-electron chi connectivity index (χ2n) is 7.41. The van der Waals surface area contributed by atoms with Crippen LogP contribution in [0.1, 0.15) is 41.1 Å². The summed E-state index contributed by atoms with van der Waals surface area (Å²) in [7, 11) is 0. The Morgan fingerprint density at radius 1 is 1.13 bits per heavy atom. The Balaban J connectivity index is 1.67. The molecule has 1 fully saturated rings. The number of aromatic nitrogens is 2. The fraction of sp³-hybridized carbons (Fsp3) is 0.348. The van der Waals surface area contributed by atoms with Crippen LogP contribution in [-0.4, -0.2) is 22.3 Å². The Kier molecular flexibility index (Phi) is 5.92. The summed E-state index contributed by atoms with van der Waals surface area (Å²) in [5, 5.41) is 0. The molecule has 3 atom stereocenters. The highest BCUT2D eigenvalue weighted by Gasteiger charge is 2.39. The molecule has 0 radical (unpaired) electrons. The van der Waals surface area contributed by atoms with Gasteiger partial charge in [-0.25, -0.2) is 4.98 Å². The number of benzene rings is 2. The summed E-state index contributed by atoms with van der Waals surface area (Å²) in [6, 6.07) is 14.9. The molecule has 0 bridgehead atoms. The molecule has 1 aliphatic heterocycles. The first-order valence-electron chi connectivity index (χ1n) is 9.87. The smallest absolute Gasteiger partial charge is 0.371 e. The van der Waals surface area contributed by atoms with E-state index in [4.69, 9.17) is 9.47 Å². The van der Waals surface area contributed by atoms with Crippen molar-refractivity contribution in [2.24, 2.45) is 0 Å². The third-order valence-electron chi connectivity index (χ3n) is 5.44. The Morgan fingerprint density at radius 3 is 2.63 bits per heavy atom. The number of aryl methyl sites for hydroxylation is 1. The number of rotatable bonds is 5. The fourth-order valence-electron chi connectivity index (χ4n) is 3.96. The number of imidazole rings is 1. The molecule has 2 aromatic carbocycles. The van der Waals surface area contributed by atoms with E-state index in [9.17, 15) is 13.2 Å². The Morgan fingerprint density at radius 2 is 1.93 bits per heavy atom. The van der Waals surface area contributed by atoms with Crippen LogP contribution in [-0.2, 0) is 22.3 Å². The first-order valence-corrected chi connectivity index (χ1v) is 9.87. The molecular formula is C23H23F3N2O2. The first kappa shape index (κ1) is 20.6. The lowest BCUT2D eigenvalue weighted by Gasteiger charge is -2.39. The summed E-state index contributed by atoms with van der Waals surface area (Å²) in [4.78, 5) is 4.31. The molecule has 3 unspecified atom stereocenters. The molecule has 0 N–H and O–H groups in total. The molecule has 0 aliphatic carbocycles. The lowest BCUT2D eigenvalue weighted by molar-refractivity contribution is -0.141. The molecule has 158 valence electrons. The molecule has 0 saturated carbocycles. The van der Waals surface area contributed by atoms with Crippen molar-refractivity contribution in [3.8, 4) is 0 Å². The molecule has 4 rings (SSSR count). The zero-order valence-electron chi connectivity index (χ0n) is 16.5. The molecule has 1 saturated heterocycles. The third-order valence-corrected chi connectivity index (χ3v) is 5.44. The van der Waals surface area contributed by atoms with Gasteiger partial charge in [0.2, 0.25) is 0 Å². The normalized spacial score (nSPS) is 22.2. The summed E-state index contributed by atoms with van der Waals surface area (Å²) >= 11 is 0. The Bertz CT molecular complexity index is 972. The van der Waals surface area contributed by atoms with Crippen molar-refractivity contribution in [2.75, 3.05) is 6.61 Å². The van der Waals surface area contributed by atoms with Crippen molar-refractivity contribution >= 4 is 0 Å². The van der Waals surface area contributed by atoms with Crippen molar-refractivity contribution < 1.29 is 22.6 Å². The van der Waals surface area contributed by atoms with Gasteiger partial charge in [0.15, 0.2) is 0 Å². The zero-order chi connectivity index (χ0) is 21.1. The van der Waals surface area contributed by atoms with Crippen molar-refractivity contribution in [3.05, 3.63) is 89.5 Å². The third kappa shape index (κ3) is 4.42. The van der Waals surface area contributed by atoms with Gasteiger partial charge in [0.1, 0.15) is 18.0 Å². The van der Waals surface area contributed by atoms with Gasteiger partial charge in [-0.2, -0.15) is 13.2 Å². The van der Waals surface area contributed by atoms with E-state index in [0.717, 1.165) is 23.5 Å². The molecule has 0 spiro atoms. The summed E-state index contributed by atoms with van der Waals surface area (Å²) < 4.78 is 54.1. The number of alkyl halides is 3. The minimum absolute atomic E-state index is 0.0931. The molecule has 30 heavy (non-hydrogen) atoms. The van der Waals surface area contributed by atoms with Crippen LogP contribution in [0.5, 0.6) is 0 Å². The van der Waals surface area contributed by atoms with E-state index in [1.165, 1.54) is 6.07 Å². The average molecular weight is 416 g/mol. The van der Waals surface area contributed by atoms with Crippen LogP contribution in [0, 0.1) is 6.92 Å². The van der Waals surface area contributed by atoms with Crippen LogP contribution in [0.25, 0.3) is 0 Å². The van der Waals surface area contributed by atoms with E-state index in [-0.39, 0.29) is 6.04 Å². The van der Waals surface area contributed by atoms with Crippen LogP contribution < -0.4 is 0 Å². The van der Waals surface area contributed by atoms with Crippen LogP contribution in [0.2, 0.25) is 0 Å². The quantitative estimate of drug-likeness (QED) is 0.551. The molecule has 1 aliphatic rings. The van der Waals surface area contributed by atoms with Gasteiger partial charge in [-0.05, 0) is 36.6 Å². The van der Waals surface area contributed by atoms with E-state index in [1.54, 1.807) is 12.3 Å². The molecule has 7 heteroatoms. The van der Waals surface area contributed by atoms with Crippen LogP contribution in [0.3, 0.4) is 0 Å². The van der Waals surface area contributed by atoms with Gasteiger partial charge in [0.05, 0.1) is 18.2 Å². The van der Waals surface area contributed by atoms with Crippen LogP contribution >= 0.6 is 0 Å². The van der Waals surface area contributed by atoms with Gasteiger partial charge in [-0.3, -0.25) is 0 Å². The molecule has 3 aromatic rings. The number of hydrogen-bond donors (Lipinski definition) is 0. The molecular weight excluding hydrogens is 393 g/mol. The van der Waals surface area contributed by atoms with E-state index < -0.39 is 23.9 Å². The van der Waals surface area contributed by atoms with Gasteiger partial charge in [-0.15, -0.1) is 0 Å². The van der Waals surface area contributed by atoms with Gasteiger partial charge in [0, 0.05) is 19.0 Å². The molecule has 4 nitrogen and oxygen atoms in total. The minimum atomic E-state index is -4.41. The largest absolute Gasteiger partial charge is 0.416 e. The van der Waals surface area contributed by atoms with E-state index in [1.807, 2.05) is 48.0 Å². The first-order chi connectivity index (χ1) is 14.4. The highest BCUT2D eigenvalue weighted by molar-refractivity contribution is 5.28. The zero-order valence-corrected chi connectivity index (χ0v) is 16.5. The van der Waals surface area contributed by atoms with E-state index in [2.05, 4.69) is 4.98 Å². The minimum Gasteiger partial charge on any atom is -0.371 e. The van der Waals surface area contributed by atoms with Gasteiger partial charge in [0.25, 0.3) is 0 Å². The highest BCUT2D eigenvalue weighted by Crippen LogP contribution is 2.40. The van der Waals surface area contributed by atoms with Crippen molar-refractivity contribution in [1.82, 2.24) is 9.55 Å². The van der Waals surface area contributed by atoms with Gasteiger partial charge in [-0.1, -0.05) is 42.5 Å². The number of ether oxygens (including phenoxy) is 2. The maximum Gasteiger partial charge on any atom is 0.416 e. The summed E-state index contributed by atoms with van der Waals surface area (Å²) in [6.45, 7) is 2.67. The number of nitrogens with zero attached hydrogens (tertiary/aromatic N) is 2. The van der Waals surface area contributed by atoms with E-state index >= 15 is 0 Å². The summed E-state index contributed by atoms with van der Waals surface area (Å²) in [5.41, 5.74) is 0.767.